The summed E-state index contributed by atoms with van der Waals surface area (Å²) < 4.78 is 69.2. The smallest absolute Gasteiger partial charge is 0.462 e. The summed E-state index contributed by atoms with van der Waals surface area (Å²) in [6, 6.07) is 0. The van der Waals surface area contributed by atoms with Gasteiger partial charge in [0, 0.05) is 25.7 Å². The van der Waals surface area contributed by atoms with Crippen LogP contribution in [0.4, 0.5) is 0 Å². The van der Waals surface area contributed by atoms with Crippen LogP contribution in [-0.4, -0.2) is 96.7 Å². The minimum Gasteiger partial charge on any atom is -0.462 e. The van der Waals surface area contributed by atoms with Crippen molar-refractivity contribution >= 4 is 39.5 Å². The third-order valence-corrected chi connectivity index (χ3v) is 24.7. The van der Waals surface area contributed by atoms with Crippen LogP contribution in [0.2, 0.25) is 0 Å². The van der Waals surface area contributed by atoms with Gasteiger partial charge in [0.05, 0.1) is 26.4 Å². The molecule has 115 heavy (non-hydrogen) atoms. The minimum absolute atomic E-state index is 0.109. The maximum absolute atomic E-state index is 13.2. The SMILES string of the molecule is CCCCCCCCCCCCCCCCCCCCCCCCC(=O)O[C@H](COC(=O)CCCCCCCCCCCCCCCCCCCCCCC)COP(=O)(O)OC[C@@H](O)COP(=O)(O)OC[C@@H](COC(=O)CCCCCCCCCCCC(C)C)OC(=O)CCCCCCCCCCCCCCCCCCCCCC. The molecule has 0 fully saturated rings. The second kappa shape index (κ2) is 88.4. The summed E-state index contributed by atoms with van der Waals surface area (Å²) in [5.74, 6) is -1.35. The summed E-state index contributed by atoms with van der Waals surface area (Å²) in [5.41, 5.74) is 0. The summed E-state index contributed by atoms with van der Waals surface area (Å²) in [7, 11) is -9.94. The first kappa shape index (κ1) is 113. The van der Waals surface area contributed by atoms with Crippen LogP contribution in [-0.2, 0) is 65.4 Å². The Hall–Kier alpha value is -1.94. The van der Waals surface area contributed by atoms with Crippen LogP contribution in [0.25, 0.3) is 0 Å². The first-order valence-corrected chi connectivity index (χ1v) is 52.6. The lowest BCUT2D eigenvalue weighted by molar-refractivity contribution is -0.161. The largest absolute Gasteiger partial charge is 0.472 e. The van der Waals surface area contributed by atoms with Gasteiger partial charge in [-0.25, -0.2) is 9.13 Å². The van der Waals surface area contributed by atoms with E-state index < -0.39 is 97.5 Å². The molecule has 0 saturated heterocycles. The Morgan fingerprint density at radius 3 is 0.591 bits per heavy atom. The van der Waals surface area contributed by atoms with Gasteiger partial charge in [-0.15, -0.1) is 0 Å². The zero-order valence-corrected chi connectivity index (χ0v) is 77.7. The van der Waals surface area contributed by atoms with Gasteiger partial charge in [0.25, 0.3) is 0 Å². The van der Waals surface area contributed by atoms with E-state index in [0.717, 1.165) is 95.8 Å². The monoisotopic (exact) mass is 1680 g/mol. The molecule has 0 amide bonds. The number of phosphoric ester groups is 2. The first-order valence-electron chi connectivity index (χ1n) is 49.6. The van der Waals surface area contributed by atoms with Crippen molar-refractivity contribution in [3.63, 3.8) is 0 Å². The Balaban J connectivity index is 5.23. The molecular weight excluding hydrogens is 1490 g/mol. The molecule has 0 radical (unpaired) electrons. The van der Waals surface area contributed by atoms with Gasteiger partial charge in [0.2, 0.25) is 0 Å². The molecule has 0 bridgehead atoms. The van der Waals surface area contributed by atoms with Crippen molar-refractivity contribution in [1.82, 2.24) is 0 Å². The summed E-state index contributed by atoms with van der Waals surface area (Å²) in [6.07, 6.45) is 86.5. The van der Waals surface area contributed by atoms with Gasteiger partial charge in [0.15, 0.2) is 12.2 Å². The second-order valence-corrected chi connectivity index (χ2v) is 37.8. The van der Waals surface area contributed by atoms with Crippen LogP contribution in [0.5, 0.6) is 0 Å². The molecule has 0 aromatic heterocycles. The fraction of sp³-hybridized carbons (Fsp3) is 0.958. The van der Waals surface area contributed by atoms with Crippen molar-refractivity contribution in [1.29, 1.82) is 0 Å². The molecule has 3 N–H and O–H groups in total. The van der Waals surface area contributed by atoms with E-state index in [1.165, 1.54) is 353 Å². The third kappa shape index (κ3) is 89.6. The Kier molecular flexibility index (Phi) is 86.9. The molecule has 19 heteroatoms. The number of aliphatic hydroxyl groups excluding tert-OH is 1. The Morgan fingerprint density at radius 2 is 0.400 bits per heavy atom. The molecule has 0 aliphatic heterocycles. The standard InChI is InChI=1S/C96H188O17P2/c1-6-9-12-15-18-21-24-27-30-33-36-39-41-44-47-50-53-56-61-67-72-76-81-95(100)112-91(85-106-93(98)79-74-69-64-59-54-51-48-45-43-40-37-34-31-28-25-22-19-16-13-10-7-2)87-110-114(102,103)108-83-90(97)84-109-115(104,105)111-88-92(86-107-94(99)80-75-70-65-62-57-58-63-68-73-78-89(4)5)113-96(101)82-77-71-66-60-55-52-49-46-42-38-35-32-29-26-23-20-17-14-11-8-3/h89-92,97H,6-88H2,1-5H3,(H,102,103)(H,104,105)/t90-,91-,92-/m1/s1. The topological polar surface area (TPSA) is 237 Å². The predicted octanol–water partition coefficient (Wildman–Crippen LogP) is 30.3. The van der Waals surface area contributed by atoms with Crippen LogP contribution in [0.3, 0.4) is 0 Å². The number of carbonyl (C=O) groups excluding carboxylic acids is 4. The molecule has 0 rings (SSSR count). The average molecular weight is 1680 g/mol. The van der Waals surface area contributed by atoms with E-state index in [0.29, 0.717) is 25.7 Å². The van der Waals surface area contributed by atoms with Gasteiger partial charge in [-0.2, -0.15) is 0 Å². The Bertz CT molecular complexity index is 2170. The predicted molar refractivity (Wildman–Crippen MR) is 479 cm³/mol. The molecule has 17 nitrogen and oxygen atoms in total. The molecule has 0 aromatic rings. The van der Waals surface area contributed by atoms with Crippen molar-refractivity contribution in [2.45, 2.75) is 547 Å². The van der Waals surface area contributed by atoms with Crippen molar-refractivity contribution in [2.75, 3.05) is 39.6 Å². The number of hydrogen-bond donors (Lipinski definition) is 3. The van der Waals surface area contributed by atoms with Gasteiger partial charge in [-0.05, 0) is 31.6 Å². The Labute approximate surface area is 708 Å². The Morgan fingerprint density at radius 1 is 0.235 bits per heavy atom. The zero-order chi connectivity index (χ0) is 84.0. The number of carbonyl (C=O) groups is 4. The highest BCUT2D eigenvalue weighted by atomic mass is 31.2. The highest BCUT2D eigenvalue weighted by molar-refractivity contribution is 7.47. The van der Waals surface area contributed by atoms with Gasteiger partial charge in [0.1, 0.15) is 19.3 Å². The lowest BCUT2D eigenvalue weighted by Crippen LogP contribution is -2.30. The summed E-state index contributed by atoms with van der Waals surface area (Å²) in [6.45, 7) is 7.40. The van der Waals surface area contributed by atoms with Crippen molar-refractivity contribution < 1.29 is 80.2 Å². The summed E-state index contributed by atoms with van der Waals surface area (Å²) in [5, 5.41) is 10.7. The normalized spacial score (nSPS) is 13.6. The molecule has 0 heterocycles. The molecule has 0 saturated carbocycles. The summed E-state index contributed by atoms with van der Waals surface area (Å²) >= 11 is 0. The number of esters is 4. The maximum atomic E-state index is 13.2. The first-order chi connectivity index (χ1) is 56.0. The average Bonchev–Trinajstić information content (AvgIpc) is 0.897. The molecule has 684 valence electrons. The molecule has 5 atom stereocenters. The van der Waals surface area contributed by atoms with E-state index in [1.54, 1.807) is 0 Å². The highest BCUT2D eigenvalue weighted by Crippen LogP contribution is 2.45. The lowest BCUT2D eigenvalue weighted by Gasteiger charge is -2.21. The third-order valence-electron chi connectivity index (χ3n) is 22.8. The number of hydrogen-bond acceptors (Lipinski definition) is 15. The molecule has 0 aliphatic rings. The van der Waals surface area contributed by atoms with Crippen LogP contribution >= 0.6 is 15.6 Å². The van der Waals surface area contributed by atoms with E-state index in [4.69, 9.17) is 37.0 Å². The van der Waals surface area contributed by atoms with Gasteiger partial charge < -0.3 is 33.8 Å². The highest BCUT2D eigenvalue weighted by Gasteiger charge is 2.31. The van der Waals surface area contributed by atoms with E-state index in [1.807, 2.05) is 0 Å². The van der Waals surface area contributed by atoms with Crippen molar-refractivity contribution in [3.05, 3.63) is 0 Å². The number of ether oxygens (including phenoxy) is 4. The van der Waals surface area contributed by atoms with E-state index >= 15 is 0 Å². The van der Waals surface area contributed by atoms with Gasteiger partial charge >= 0.3 is 39.5 Å². The van der Waals surface area contributed by atoms with Gasteiger partial charge in [-0.1, -0.05) is 478 Å². The van der Waals surface area contributed by atoms with Crippen molar-refractivity contribution in [2.24, 2.45) is 5.92 Å². The number of aliphatic hydroxyl groups is 1. The summed E-state index contributed by atoms with van der Waals surface area (Å²) in [4.78, 5) is 73.6. The quantitative estimate of drug-likeness (QED) is 0.0222. The molecule has 2 unspecified atom stereocenters. The van der Waals surface area contributed by atoms with Crippen LogP contribution in [0.1, 0.15) is 529 Å². The number of rotatable bonds is 96. The van der Waals surface area contributed by atoms with Crippen LogP contribution in [0, 0.1) is 5.92 Å². The van der Waals surface area contributed by atoms with Crippen LogP contribution < -0.4 is 0 Å². The fourth-order valence-electron chi connectivity index (χ4n) is 15.2. The van der Waals surface area contributed by atoms with Crippen molar-refractivity contribution in [3.8, 4) is 0 Å². The minimum atomic E-state index is -4.97. The van der Waals surface area contributed by atoms with Gasteiger partial charge in [-0.3, -0.25) is 37.3 Å². The number of unbranched alkanes of at least 4 members (excludes halogenated alkanes) is 68. The van der Waals surface area contributed by atoms with E-state index in [2.05, 4.69) is 34.6 Å². The van der Waals surface area contributed by atoms with E-state index in [-0.39, 0.29) is 25.7 Å². The molecule has 0 aliphatic carbocycles. The second-order valence-electron chi connectivity index (χ2n) is 34.9. The van der Waals surface area contributed by atoms with Crippen LogP contribution in [0.15, 0.2) is 0 Å². The lowest BCUT2D eigenvalue weighted by atomic mass is 10.0. The maximum Gasteiger partial charge on any atom is 0.472 e. The fourth-order valence-corrected chi connectivity index (χ4v) is 16.8. The number of phosphoric acid groups is 2. The zero-order valence-electron chi connectivity index (χ0n) is 76.0. The molecule has 0 aromatic carbocycles. The van der Waals surface area contributed by atoms with E-state index in [9.17, 15) is 43.2 Å². The molecular formula is C96H188O17P2. The molecule has 0 spiro atoms.